The van der Waals surface area contributed by atoms with E-state index >= 15 is 0 Å². The van der Waals surface area contributed by atoms with Gasteiger partial charge in [-0.15, -0.1) is 34.2 Å². The fraction of sp³-hybridized carbons (Fsp3) is 0.500. The number of nitrogens with one attached hydrogen (secondary N) is 2. The highest BCUT2D eigenvalue weighted by atomic mass is 127. The predicted octanol–water partition coefficient (Wildman–Crippen LogP) is 2.75. The van der Waals surface area contributed by atoms with Crippen molar-refractivity contribution in [1.82, 2.24) is 25.4 Å². The molecule has 26 heavy (non-hydrogen) atoms. The van der Waals surface area contributed by atoms with Gasteiger partial charge in [-0.2, -0.15) is 0 Å². The zero-order chi connectivity index (χ0) is 17.9. The van der Waals surface area contributed by atoms with Gasteiger partial charge in [-0.25, -0.2) is 0 Å². The van der Waals surface area contributed by atoms with Crippen LogP contribution in [0.4, 0.5) is 0 Å². The van der Waals surface area contributed by atoms with Crippen LogP contribution in [0.5, 0.6) is 5.75 Å². The summed E-state index contributed by atoms with van der Waals surface area (Å²) in [5, 5.41) is 14.3. The van der Waals surface area contributed by atoms with Crippen LogP contribution in [0.25, 0.3) is 0 Å². The molecule has 0 aliphatic heterocycles. The number of aliphatic imine (C=N–C) groups is 1. The largest absolute Gasteiger partial charge is 0.494 e. The Balaban J connectivity index is 0.00000338. The molecule has 8 heteroatoms. The van der Waals surface area contributed by atoms with E-state index < -0.39 is 0 Å². The molecule has 1 aromatic heterocycles. The number of benzene rings is 1. The van der Waals surface area contributed by atoms with Crippen LogP contribution >= 0.6 is 24.0 Å². The second-order valence-corrected chi connectivity index (χ2v) is 5.80. The average molecular weight is 472 g/mol. The normalized spacial score (nSPS) is 11.0. The Bertz CT molecular complexity index is 660. The maximum absolute atomic E-state index is 5.72. The Morgan fingerprint density at radius 1 is 1.19 bits per heavy atom. The quantitative estimate of drug-likeness (QED) is 0.254. The molecule has 1 aromatic carbocycles. The van der Waals surface area contributed by atoms with Crippen molar-refractivity contribution >= 4 is 29.9 Å². The lowest BCUT2D eigenvalue weighted by molar-refractivity contribution is 0.336. The molecule has 0 radical (unpaired) electrons. The number of rotatable bonds is 9. The molecule has 0 bridgehead atoms. The van der Waals surface area contributed by atoms with Gasteiger partial charge in [0.1, 0.15) is 18.4 Å². The lowest BCUT2D eigenvalue weighted by Crippen LogP contribution is -2.37. The molecule has 7 nitrogen and oxygen atoms in total. The van der Waals surface area contributed by atoms with E-state index in [1.807, 2.05) is 11.5 Å². The maximum Gasteiger partial charge on any atom is 0.191 e. The van der Waals surface area contributed by atoms with Crippen LogP contribution in [0.2, 0.25) is 0 Å². The summed E-state index contributed by atoms with van der Waals surface area (Å²) in [5.41, 5.74) is 2.32. The molecule has 0 spiro atoms. The number of nitrogens with zero attached hydrogens (tertiary/aromatic N) is 4. The van der Waals surface area contributed by atoms with E-state index in [1.54, 1.807) is 19.7 Å². The molecule has 2 aromatic rings. The van der Waals surface area contributed by atoms with Crippen LogP contribution in [0.15, 0.2) is 35.8 Å². The summed E-state index contributed by atoms with van der Waals surface area (Å²) in [4.78, 5) is 4.27. The highest BCUT2D eigenvalue weighted by Crippen LogP contribution is 2.20. The van der Waals surface area contributed by atoms with Crippen LogP contribution in [0, 0.1) is 6.92 Å². The average Bonchev–Trinajstić information content (AvgIpc) is 3.12. The zero-order valence-corrected chi connectivity index (χ0v) is 18.1. The third-order valence-corrected chi connectivity index (χ3v) is 3.79. The minimum absolute atomic E-state index is 0. The van der Waals surface area contributed by atoms with Gasteiger partial charge in [0.05, 0.1) is 6.61 Å². The van der Waals surface area contributed by atoms with Crippen molar-refractivity contribution in [3.8, 4) is 5.75 Å². The van der Waals surface area contributed by atoms with Crippen LogP contribution < -0.4 is 15.4 Å². The standard InChI is InChI=1S/C18H28N6O.HI/c1-4-25-17-11-15(2)7-8-16(17)12-21-18(19-3)20-9-5-6-10-24-13-22-23-14-24;/h7-8,11,13-14H,4-6,9-10,12H2,1-3H3,(H2,19,20,21);1H. The molecule has 0 aliphatic carbocycles. The second-order valence-electron chi connectivity index (χ2n) is 5.80. The van der Waals surface area contributed by atoms with Gasteiger partial charge in [-0.3, -0.25) is 4.99 Å². The van der Waals surface area contributed by atoms with E-state index in [2.05, 4.69) is 50.9 Å². The molecular formula is C18H29IN6O. The van der Waals surface area contributed by atoms with Gasteiger partial charge in [-0.05, 0) is 38.3 Å². The highest BCUT2D eigenvalue weighted by molar-refractivity contribution is 14.0. The number of guanidine groups is 1. The first kappa shape index (κ1) is 22.2. The van der Waals surface area contributed by atoms with Crippen molar-refractivity contribution in [3.05, 3.63) is 42.0 Å². The Morgan fingerprint density at radius 3 is 2.65 bits per heavy atom. The number of hydrogen-bond donors (Lipinski definition) is 2. The molecule has 0 unspecified atom stereocenters. The molecule has 1 heterocycles. The van der Waals surface area contributed by atoms with Gasteiger partial charge in [0.15, 0.2) is 5.96 Å². The van der Waals surface area contributed by atoms with Crippen LogP contribution in [0.1, 0.15) is 30.9 Å². The van der Waals surface area contributed by atoms with Crippen LogP contribution in [-0.4, -0.2) is 40.9 Å². The summed E-state index contributed by atoms with van der Waals surface area (Å²) in [6.07, 6.45) is 5.60. The fourth-order valence-corrected chi connectivity index (χ4v) is 2.46. The molecule has 2 rings (SSSR count). The molecule has 0 aliphatic rings. The number of aryl methyl sites for hydroxylation is 2. The maximum atomic E-state index is 5.72. The molecule has 0 saturated heterocycles. The van der Waals surface area contributed by atoms with Crippen molar-refractivity contribution in [1.29, 1.82) is 0 Å². The van der Waals surface area contributed by atoms with Crippen molar-refractivity contribution in [2.75, 3.05) is 20.2 Å². The van der Waals surface area contributed by atoms with E-state index in [4.69, 9.17) is 4.74 Å². The Morgan fingerprint density at radius 2 is 1.96 bits per heavy atom. The number of aromatic nitrogens is 3. The summed E-state index contributed by atoms with van der Waals surface area (Å²) in [6, 6.07) is 6.27. The first-order chi connectivity index (χ1) is 12.2. The van der Waals surface area contributed by atoms with E-state index in [9.17, 15) is 0 Å². The molecule has 0 atom stereocenters. The highest BCUT2D eigenvalue weighted by Gasteiger charge is 2.05. The van der Waals surface area contributed by atoms with Crippen LogP contribution in [-0.2, 0) is 13.1 Å². The number of unbranched alkanes of at least 4 members (excludes halogenated alkanes) is 1. The summed E-state index contributed by atoms with van der Waals surface area (Å²) in [7, 11) is 1.78. The lowest BCUT2D eigenvalue weighted by Gasteiger charge is -2.15. The van der Waals surface area contributed by atoms with Gasteiger partial charge in [0, 0.05) is 32.2 Å². The van der Waals surface area contributed by atoms with Crippen LogP contribution in [0.3, 0.4) is 0 Å². The zero-order valence-electron chi connectivity index (χ0n) is 15.7. The Labute approximate surface area is 172 Å². The van der Waals surface area contributed by atoms with Gasteiger partial charge >= 0.3 is 0 Å². The van der Waals surface area contributed by atoms with E-state index in [0.717, 1.165) is 43.2 Å². The summed E-state index contributed by atoms with van der Waals surface area (Å²) in [6.45, 7) is 7.21. The van der Waals surface area contributed by atoms with Crippen molar-refractivity contribution < 1.29 is 4.74 Å². The SMILES string of the molecule is CCOc1cc(C)ccc1CNC(=NC)NCCCCn1cnnc1.I. The monoisotopic (exact) mass is 472 g/mol. The van der Waals surface area contributed by atoms with Crippen molar-refractivity contribution in [2.24, 2.45) is 4.99 Å². The summed E-state index contributed by atoms with van der Waals surface area (Å²) in [5.74, 6) is 1.73. The molecule has 144 valence electrons. The number of ether oxygens (including phenoxy) is 1. The van der Waals surface area contributed by atoms with E-state index in [-0.39, 0.29) is 24.0 Å². The minimum Gasteiger partial charge on any atom is -0.494 e. The predicted molar refractivity (Wildman–Crippen MR) is 115 cm³/mol. The smallest absolute Gasteiger partial charge is 0.191 e. The Kier molecular flexibility index (Phi) is 10.7. The molecule has 0 fully saturated rings. The van der Waals surface area contributed by atoms with E-state index in [0.29, 0.717) is 13.2 Å². The third-order valence-electron chi connectivity index (χ3n) is 3.79. The van der Waals surface area contributed by atoms with Gasteiger partial charge in [0.25, 0.3) is 0 Å². The van der Waals surface area contributed by atoms with Crippen molar-refractivity contribution in [3.63, 3.8) is 0 Å². The first-order valence-electron chi connectivity index (χ1n) is 8.72. The third kappa shape index (κ3) is 7.59. The van der Waals surface area contributed by atoms with Gasteiger partial charge in [0.2, 0.25) is 0 Å². The molecular weight excluding hydrogens is 443 g/mol. The van der Waals surface area contributed by atoms with Gasteiger partial charge < -0.3 is 19.9 Å². The topological polar surface area (TPSA) is 76.4 Å². The molecule has 0 amide bonds. The second kappa shape index (κ2) is 12.5. The summed E-state index contributed by atoms with van der Waals surface area (Å²) < 4.78 is 7.71. The molecule has 2 N–H and O–H groups in total. The molecule has 0 saturated carbocycles. The number of hydrogen-bond acceptors (Lipinski definition) is 4. The van der Waals surface area contributed by atoms with E-state index in [1.165, 1.54) is 5.56 Å². The first-order valence-corrected chi connectivity index (χ1v) is 8.72. The van der Waals surface area contributed by atoms with Crippen molar-refractivity contribution in [2.45, 2.75) is 39.8 Å². The Hall–Kier alpha value is -1.84. The van der Waals surface area contributed by atoms with Gasteiger partial charge in [-0.1, -0.05) is 12.1 Å². The summed E-state index contributed by atoms with van der Waals surface area (Å²) >= 11 is 0. The number of halogens is 1. The fourth-order valence-electron chi connectivity index (χ4n) is 2.46. The lowest BCUT2D eigenvalue weighted by atomic mass is 10.1. The minimum atomic E-state index is 0.